The molecule has 0 aliphatic carbocycles. The largest absolute Gasteiger partial charge is 0.394 e. The van der Waals surface area contributed by atoms with E-state index in [1.165, 1.54) is 18.2 Å². The third-order valence-corrected chi connectivity index (χ3v) is 2.12. The van der Waals surface area contributed by atoms with Crippen molar-refractivity contribution in [2.45, 2.75) is 6.04 Å². The zero-order valence-corrected chi connectivity index (χ0v) is 7.94. The predicted octanol–water partition coefficient (Wildman–Crippen LogP) is 1.24. The maximum atomic E-state index is 10.4. The maximum Gasteiger partial charge on any atom is 0.270 e. The highest BCUT2D eigenvalue weighted by Crippen LogP contribution is 2.25. The van der Waals surface area contributed by atoms with Gasteiger partial charge in [0.05, 0.1) is 22.6 Å². The van der Waals surface area contributed by atoms with Gasteiger partial charge in [0.1, 0.15) is 0 Å². The van der Waals surface area contributed by atoms with Gasteiger partial charge < -0.3 is 10.8 Å². The zero-order valence-electron chi connectivity index (χ0n) is 7.18. The number of hydrogen-bond donors (Lipinski definition) is 2. The van der Waals surface area contributed by atoms with Crippen LogP contribution in [-0.4, -0.2) is 16.6 Å². The Kier molecular flexibility index (Phi) is 3.40. The van der Waals surface area contributed by atoms with E-state index in [-0.39, 0.29) is 17.3 Å². The van der Waals surface area contributed by atoms with E-state index in [2.05, 4.69) is 0 Å². The Morgan fingerprint density at radius 2 is 2.29 bits per heavy atom. The summed E-state index contributed by atoms with van der Waals surface area (Å²) < 4.78 is 0. The predicted molar refractivity (Wildman–Crippen MR) is 52.1 cm³/mol. The monoisotopic (exact) mass is 216 g/mol. The van der Waals surface area contributed by atoms with E-state index in [1.54, 1.807) is 0 Å². The molecule has 0 fully saturated rings. The lowest BCUT2D eigenvalue weighted by Gasteiger charge is -2.09. The topological polar surface area (TPSA) is 89.4 Å². The molecule has 0 heterocycles. The number of nitro groups is 1. The first kappa shape index (κ1) is 10.9. The Labute approximate surface area is 85.3 Å². The van der Waals surface area contributed by atoms with E-state index in [0.29, 0.717) is 5.56 Å². The van der Waals surface area contributed by atoms with Gasteiger partial charge in [0.2, 0.25) is 0 Å². The zero-order chi connectivity index (χ0) is 10.7. The number of nitro benzene ring substituents is 1. The number of aliphatic hydroxyl groups excluding tert-OH is 1. The average Bonchev–Trinajstić information content (AvgIpc) is 2.16. The summed E-state index contributed by atoms with van der Waals surface area (Å²) in [7, 11) is 0. The summed E-state index contributed by atoms with van der Waals surface area (Å²) in [6.07, 6.45) is 0. The Balaban J connectivity index is 3.07. The number of rotatable bonds is 3. The molecule has 3 N–H and O–H groups in total. The first-order valence-electron chi connectivity index (χ1n) is 3.86. The standard InChI is InChI=1S/C8H9ClN2O3/c9-7-3-5(11(13)14)1-2-6(7)8(10)4-12/h1-3,8,12H,4,10H2/t8-/m0/s1. The number of hydrogen-bond acceptors (Lipinski definition) is 4. The maximum absolute atomic E-state index is 10.4. The fourth-order valence-corrected chi connectivity index (χ4v) is 1.34. The van der Waals surface area contributed by atoms with Gasteiger partial charge in [0.15, 0.2) is 0 Å². The molecule has 0 amide bonds. The molecule has 1 atom stereocenters. The van der Waals surface area contributed by atoms with Gasteiger partial charge >= 0.3 is 0 Å². The van der Waals surface area contributed by atoms with Crippen LogP contribution in [0, 0.1) is 10.1 Å². The summed E-state index contributed by atoms with van der Waals surface area (Å²) in [5.74, 6) is 0. The Bertz CT molecular complexity index is 356. The van der Waals surface area contributed by atoms with Crippen molar-refractivity contribution in [1.29, 1.82) is 0 Å². The number of nitrogens with zero attached hydrogens (tertiary/aromatic N) is 1. The van der Waals surface area contributed by atoms with Crippen LogP contribution in [0.3, 0.4) is 0 Å². The smallest absolute Gasteiger partial charge is 0.270 e. The van der Waals surface area contributed by atoms with Crippen LogP contribution in [-0.2, 0) is 0 Å². The molecule has 0 unspecified atom stereocenters. The van der Waals surface area contributed by atoms with Crippen LogP contribution in [0.1, 0.15) is 11.6 Å². The molecule has 0 saturated carbocycles. The normalized spacial score (nSPS) is 12.5. The van der Waals surface area contributed by atoms with Gasteiger partial charge in [-0.2, -0.15) is 0 Å². The van der Waals surface area contributed by atoms with Gasteiger partial charge in [-0.1, -0.05) is 11.6 Å². The fraction of sp³-hybridized carbons (Fsp3) is 0.250. The van der Waals surface area contributed by atoms with Crippen LogP contribution < -0.4 is 5.73 Å². The molecule has 1 aromatic rings. The first-order chi connectivity index (χ1) is 6.56. The third-order valence-electron chi connectivity index (χ3n) is 1.79. The van der Waals surface area contributed by atoms with Crippen molar-refractivity contribution in [3.8, 4) is 0 Å². The summed E-state index contributed by atoms with van der Waals surface area (Å²) in [4.78, 5) is 9.83. The quantitative estimate of drug-likeness (QED) is 0.588. The van der Waals surface area contributed by atoms with Crippen LogP contribution in [0.2, 0.25) is 5.02 Å². The molecular weight excluding hydrogens is 208 g/mol. The number of aliphatic hydroxyl groups is 1. The van der Waals surface area contributed by atoms with Gasteiger partial charge in [0, 0.05) is 12.1 Å². The number of non-ortho nitro benzene ring substituents is 1. The molecule has 0 aliphatic rings. The van der Waals surface area contributed by atoms with Crippen molar-refractivity contribution in [3.05, 3.63) is 38.9 Å². The first-order valence-corrected chi connectivity index (χ1v) is 4.24. The van der Waals surface area contributed by atoms with Crippen molar-refractivity contribution in [2.75, 3.05) is 6.61 Å². The number of halogens is 1. The lowest BCUT2D eigenvalue weighted by Crippen LogP contribution is -2.14. The minimum Gasteiger partial charge on any atom is -0.394 e. The Hall–Kier alpha value is -1.17. The van der Waals surface area contributed by atoms with Crippen LogP contribution in [0.5, 0.6) is 0 Å². The SMILES string of the molecule is N[C@@H](CO)c1ccc([N+](=O)[O-])cc1Cl. The summed E-state index contributed by atoms with van der Waals surface area (Å²) in [5, 5.41) is 19.3. The van der Waals surface area contributed by atoms with E-state index in [1.807, 2.05) is 0 Å². The molecular formula is C8H9ClN2O3. The van der Waals surface area contributed by atoms with E-state index >= 15 is 0 Å². The minimum atomic E-state index is -0.608. The molecule has 1 rings (SSSR count). The van der Waals surface area contributed by atoms with E-state index in [4.69, 9.17) is 22.4 Å². The van der Waals surface area contributed by atoms with Crippen molar-refractivity contribution in [1.82, 2.24) is 0 Å². The van der Waals surface area contributed by atoms with Crippen LogP contribution in [0.15, 0.2) is 18.2 Å². The molecule has 0 spiro atoms. The highest BCUT2D eigenvalue weighted by Gasteiger charge is 2.13. The summed E-state index contributed by atoms with van der Waals surface area (Å²) in [6, 6.07) is 3.35. The molecule has 14 heavy (non-hydrogen) atoms. The Morgan fingerprint density at radius 1 is 1.64 bits per heavy atom. The Morgan fingerprint density at radius 3 is 2.71 bits per heavy atom. The summed E-state index contributed by atoms with van der Waals surface area (Å²) >= 11 is 5.75. The average molecular weight is 217 g/mol. The molecule has 1 aromatic carbocycles. The lowest BCUT2D eigenvalue weighted by molar-refractivity contribution is -0.384. The molecule has 76 valence electrons. The van der Waals surface area contributed by atoms with Crippen LogP contribution in [0.25, 0.3) is 0 Å². The summed E-state index contributed by atoms with van der Waals surface area (Å²) in [6.45, 7) is -0.252. The van der Waals surface area contributed by atoms with Gasteiger partial charge in [-0.15, -0.1) is 0 Å². The molecule has 0 radical (unpaired) electrons. The highest BCUT2D eigenvalue weighted by atomic mass is 35.5. The minimum absolute atomic E-state index is 0.0936. The van der Waals surface area contributed by atoms with Crippen molar-refractivity contribution in [3.63, 3.8) is 0 Å². The van der Waals surface area contributed by atoms with Gasteiger partial charge in [0.25, 0.3) is 5.69 Å². The van der Waals surface area contributed by atoms with Crippen LogP contribution in [0.4, 0.5) is 5.69 Å². The van der Waals surface area contributed by atoms with Gasteiger partial charge in [-0.05, 0) is 11.6 Å². The molecule has 0 bridgehead atoms. The second kappa shape index (κ2) is 4.36. The van der Waals surface area contributed by atoms with E-state index in [9.17, 15) is 10.1 Å². The van der Waals surface area contributed by atoms with Gasteiger partial charge in [-0.25, -0.2) is 0 Å². The van der Waals surface area contributed by atoms with Crippen LogP contribution >= 0.6 is 11.6 Å². The molecule has 6 heteroatoms. The highest BCUT2D eigenvalue weighted by molar-refractivity contribution is 6.31. The number of nitrogens with two attached hydrogens (primary N) is 1. The van der Waals surface area contributed by atoms with Crippen molar-refractivity contribution < 1.29 is 10.0 Å². The van der Waals surface area contributed by atoms with Gasteiger partial charge in [-0.3, -0.25) is 10.1 Å². The molecule has 0 aliphatic heterocycles. The lowest BCUT2D eigenvalue weighted by atomic mass is 10.1. The van der Waals surface area contributed by atoms with E-state index in [0.717, 1.165) is 0 Å². The number of benzene rings is 1. The third kappa shape index (κ3) is 2.20. The van der Waals surface area contributed by atoms with Crippen molar-refractivity contribution in [2.24, 2.45) is 5.73 Å². The second-order valence-corrected chi connectivity index (χ2v) is 3.16. The molecule has 0 aromatic heterocycles. The van der Waals surface area contributed by atoms with E-state index < -0.39 is 11.0 Å². The van der Waals surface area contributed by atoms with Crippen molar-refractivity contribution >= 4 is 17.3 Å². The second-order valence-electron chi connectivity index (χ2n) is 2.75. The molecule has 5 nitrogen and oxygen atoms in total. The molecule has 0 saturated heterocycles. The summed E-state index contributed by atoms with van der Waals surface area (Å²) in [5.41, 5.74) is 5.92. The fourth-order valence-electron chi connectivity index (χ4n) is 1.03.